The Hall–Kier alpha value is -1.27. The highest BCUT2D eigenvalue weighted by Crippen LogP contribution is 2.36. The lowest BCUT2D eigenvalue weighted by molar-refractivity contribution is -0.138. The number of benzene rings is 1. The molecule has 118 valence electrons. The maximum Gasteiger partial charge on any atom is 0.419 e. The molecule has 1 aromatic rings. The minimum atomic E-state index is -4.54. The molecule has 0 bridgehead atoms. The van der Waals surface area contributed by atoms with Crippen molar-refractivity contribution >= 4 is 0 Å². The van der Waals surface area contributed by atoms with Gasteiger partial charge in [0.1, 0.15) is 5.75 Å². The number of alkyl halides is 3. The van der Waals surface area contributed by atoms with Crippen LogP contribution in [0.25, 0.3) is 0 Å². The zero-order chi connectivity index (χ0) is 15.6. The molecule has 1 aliphatic rings. The van der Waals surface area contributed by atoms with Gasteiger partial charge in [-0.3, -0.25) is 4.90 Å². The Labute approximate surface area is 122 Å². The van der Waals surface area contributed by atoms with Crippen LogP contribution in [0.15, 0.2) is 18.2 Å². The standard InChI is InChI=1S/C15H20F3NO2/c1-3-12-9-21-10(2)7-19(12)8-11-4-5-14(20)13(6-11)15(16,17)18/h4-6,10,12,20H,3,7-9H2,1-2H3. The first-order valence-corrected chi connectivity index (χ1v) is 7.06. The average Bonchev–Trinajstić information content (AvgIpc) is 2.40. The Bertz CT molecular complexity index is 490. The summed E-state index contributed by atoms with van der Waals surface area (Å²) in [5.41, 5.74) is -0.429. The first kappa shape index (κ1) is 16.1. The first-order chi connectivity index (χ1) is 9.81. The average molecular weight is 303 g/mol. The van der Waals surface area contributed by atoms with Crippen LogP contribution in [0.3, 0.4) is 0 Å². The highest BCUT2D eigenvalue weighted by Gasteiger charge is 2.34. The topological polar surface area (TPSA) is 32.7 Å². The summed E-state index contributed by atoms with van der Waals surface area (Å²) in [5, 5.41) is 9.36. The number of phenols is 1. The van der Waals surface area contributed by atoms with Gasteiger partial charge in [0.2, 0.25) is 0 Å². The third-order valence-electron chi connectivity index (χ3n) is 3.80. The fourth-order valence-corrected chi connectivity index (χ4v) is 2.63. The van der Waals surface area contributed by atoms with Crippen molar-refractivity contribution in [1.29, 1.82) is 0 Å². The van der Waals surface area contributed by atoms with Crippen LogP contribution in [0.5, 0.6) is 5.75 Å². The van der Waals surface area contributed by atoms with Crippen molar-refractivity contribution in [2.45, 2.75) is 45.1 Å². The SMILES string of the molecule is CCC1COC(C)CN1Cc1ccc(O)c(C(F)(F)F)c1. The minimum absolute atomic E-state index is 0.0759. The molecule has 2 unspecified atom stereocenters. The van der Waals surface area contributed by atoms with Gasteiger partial charge in [-0.05, 0) is 31.0 Å². The first-order valence-electron chi connectivity index (χ1n) is 7.06. The second kappa shape index (κ2) is 6.23. The highest BCUT2D eigenvalue weighted by atomic mass is 19.4. The summed E-state index contributed by atoms with van der Waals surface area (Å²) in [6.07, 6.45) is -3.58. The zero-order valence-corrected chi connectivity index (χ0v) is 12.2. The maximum absolute atomic E-state index is 12.8. The van der Waals surface area contributed by atoms with Crippen LogP contribution in [0.4, 0.5) is 13.2 Å². The molecular weight excluding hydrogens is 283 g/mol. The van der Waals surface area contributed by atoms with E-state index in [2.05, 4.69) is 4.90 Å². The van der Waals surface area contributed by atoms with E-state index in [9.17, 15) is 18.3 Å². The molecule has 2 atom stereocenters. The molecule has 1 fully saturated rings. The van der Waals surface area contributed by atoms with Crippen LogP contribution in [-0.2, 0) is 17.5 Å². The predicted molar refractivity (Wildman–Crippen MR) is 73.0 cm³/mol. The number of rotatable bonds is 3. The second-order valence-electron chi connectivity index (χ2n) is 5.48. The molecule has 1 aromatic carbocycles. The summed E-state index contributed by atoms with van der Waals surface area (Å²) in [4.78, 5) is 2.14. The lowest BCUT2D eigenvalue weighted by Gasteiger charge is -2.38. The molecule has 0 aliphatic carbocycles. The van der Waals surface area contributed by atoms with E-state index in [0.29, 0.717) is 25.3 Å². The van der Waals surface area contributed by atoms with Crippen LogP contribution in [0, 0.1) is 0 Å². The van der Waals surface area contributed by atoms with E-state index in [1.54, 1.807) is 0 Å². The summed E-state index contributed by atoms with van der Waals surface area (Å²) in [6.45, 7) is 5.71. The van der Waals surface area contributed by atoms with Crippen molar-refractivity contribution in [1.82, 2.24) is 4.90 Å². The summed E-state index contributed by atoms with van der Waals surface area (Å²) >= 11 is 0. The van der Waals surface area contributed by atoms with Crippen molar-refractivity contribution in [2.24, 2.45) is 0 Å². The Kier molecular flexibility index (Phi) is 4.78. The summed E-state index contributed by atoms with van der Waals surface area (Å²) < 4.78 is 44.0. The summed E-state index contributed by atoms with van der Waals surface area (Å²) in [7, 11) is 0. The van der Waals surface area contributed by atoms with E-state index in [1.807, 2.05) is 13.8 Å². The number of aromatic hydroxyl groups is 1. The maximum atomic E-state index is 12.8. The Morgan fingerprint density at radius 2 is 2.10 bits per heavy atom. The number of halogens is 3. The molecule has 1 aliphatic heterocycles. The van der Waals surface area contributed by atoms with E-state index in [4.69, 9.17) is 4.74 Å². The van der Waals surface area contributed by atoms with Crippen molar-refractivity contribution in [3.05, 3.63) is 29.3 Å². The fourth-order valence-electron chi connectivity index (χ4n) is 2.63. The van der Waals surface area contributed by atoms with Crippen LogP contribution in [-0.4, -0.2) is 35.3 Å². The monoisotopic (exact) mass is 303 g/mol. The largest absolute Gasteiger partial charge is 0.507 e. The zero-order valence-electron chi connectivity index (χ0n) is 12.2. The predicted octanol–water partition coefficient (Wildman–Crippen LogP) is 3.41. The molecule has 1 heterocycles. The van der Waals surface area contributed by atoms with Gasteiger partial charge in [0, 0.05) is 19.1 Å². The van der Waals surface area contributed by atoms with Crippen LogP contribution in [0.1, 0.15) is 31.4 Å². The number of phenolic OH excluding ortho intramolecular Hbond substituents is 1. The van der Waals surface area contributed by atoms with Crippen LogP contribution < -0.4 is 0 Å². The van der Waals surface area contributed by atoms with Gasteiger partial charge in [-0.15, -0.1) is 0 Å². The molecular formula is C15H20F3NO2. The molecule has 0 aromatic heterocycles. The van der Waals surface area contributed by atoms with Gasteiger partial charge in [0.15, 0.2) is 0 Å². The molecule has 3 nitrogen and oxygen atoms in total. The van der Waals surface area contributed by atoms with Gasteiger partial charge in [0.05, 0.1) is 18.3 Å². The smallest absolute Gasteiger partial charge is 0.419 e. The van der Waals surface area contributed by atoms with Crippen molar-refractivity contribution in [3.8, 4) is 5.75 Å². The van der Waals surface area contributed by atoms with Crippen LogP contribution in [0.2, 0.25) is 0 Å². The van der Waals surface area contributed by atoms with Gasteiger partial charge in [-0.25, -0.2) is 0 Å². The molecule has 0 saturated carbocycles. The molecule has 1 saturated heterocycles. The highest BCUT2D eigenvalue weighted by molar-refractivity contribution is 5.38. The number of ether oxygens (including phenoxy) is 1. The number of morpholine rings is 1. The summed E-state index contributed by atoms with van der Waals surface area (Å²) in [5.74, 6) is -0.728. The molecule has 0 spiro atoms. The van der Waals surface area contributed by atoms with E-state index in [1.165, 1.54) is 6.07 Å². The molecule has 6 heteroatoms. The Balaban J connectivity index is 2.18. The quantitative estimate of drug-likeness (QED) is 0.929. The number of hydrogen-bond acceptors (Lipinski definition) is 3. The lowest BCUT2D eigenvalue weighted by Crippen LogP contribution is -2.47. The van der Waals surface area contributed by atoms with Gasteiger partial charge in [-0.1, -0.05) is 13.0 Å². The van der Waals surface area contributed by atoms with E-state index >= 15 is 0 Å². The van der Waals surface area contributed by atoms with Gasteiger partial charge >= 0.3 is 6.18 Å². The Morgan fingerprint density at radius 3 is 2.71 bits per heavy atom. The van der Waals surface area contributed by atoms with Crippen LogP contribution >= 0.6 is 0 Å². The lowest BCUT2D eigenvalue weighted by atomic mass is 10.1. The fraction of sp³-hybridized carbons (Fsp3) is 0.600. The second-order valence-corrected chi connectivity index (χ2v) is 5.48. The van der Waals surface area contributed by atoms with E-state index < -0.39 is 17.5 Å². The Morgan fingerprint density at radius 1 is 1.38 bits per heavy atom. The van der Waals surface area contributed by atoms with Crippen molar-refractivity contribution < 1.29 is 23.0 Å². The number of nitrogens with zero attached hydrogens (tertiary/aromatic N) is 1. The molecule has 1 N–H and O–H groups in total. The minimum Gasteiger partial charge on any atom is -0.507 e. The van der Waals surface area contributed by atoms with Gasteiger partial charge in [0.25, 0.3) is 0 Å². The normalized spacial score (nSPS) is 24.2. The van der Waals surface area contributed by atoms with Crippen molar-refractivity contribution in [3.63, 3.8) is 0 Å². The molecule has 21 heavy (non-hydrogen) atoms. The van der Waals surface area contributed by atoms with E-state index in [-0.39, 0.29) is 12.1 Å². The summed E-state index contributed by atoms with van der Waals surface area (Å²) in [6, 6.07) is 3.90. The van der Waals surface area contributed by atoms with Gasteiger partial charge in [-0.2, -0.15) is 13.2 Å². The van der Waals surface area contributed by atoms with Crippen molar-refractivity contribution in [2.75, 3.05) is 13.2 Å². The third-order valence-corrected chi connectivity index (χ3v) is 3.80. The number of hydrogen-bond donors (Lipinski definition) is 1. The van der Waals surface area contributed by atoms with E-state index in [0.717, 1.165) is 18.6 Å². The van der Waals surface area contributed by atoms with Gasteiger partial charge < -0.3 is 9.84 Å². The molecule has 0 amide bonds. The third kappa shape index (κ3) is 3.89. The molecule has 0 radical (unpaired) electrons. The molecule has 2 rings (SSSR count).